The van der Waals surface area contributed by atoms with Crippen LogP contribution in [-0.2, 0) is 0 Å². The molecular formula is C13H14N4O2. The molecule has 0 radical (unpaired) electrons. The van der Waals surface area contributed by atoms with E-state index in [1.165, 1.54) is 0 Å². The fraction of sp³-hybridized carbons (Fsp3) is 0.308. The largest absolute Gasteiger partial charge is 0.389 e. The molecule has 0 saturated carbocycles. The Morgan fingerprint density at radius 1 is 1.37 bits per heavy atom. The molecule has 2 N–H and O–H groups in total. The smallest absolute Gasteiger partial charge is 0.254 e. The van der Waals surface area contributed by atoms with Crippen molar-refractivity contribution in [3.05, 3.63) is 35.7 Å². The summed E-state index contributed by atoms with van der Waals surface area (Å²) in [6, 6.07) is 7.17. The van der Waals surface area contributed by atoms with Gasteiger partial charge < -0.3 is 10.0 Å². The highest BCUT2D eigenvalue weighted by Crippen LogP contribution is 2.18. The van der Waals surface area contributed by atoms with Gasteiger partial charge in [-0.2, -0.15) is 5.10 Å². The van der Waals surface area contributed by atoms with Gasteiger partial charge in [-0.3, -0.25) is 9.89 Å². The normalized spacial score (nSPS) is 15.4. The van der Waals surface area contributed by atoms with Crippen LogP contribution < -0.4 is 0 Å². The maximum atomic E-state index is 12.0. The molecule has 3 rings (SSSR count). The third-order valence-electron chi connectivity index (χ3n) is 3.14. The van der Waals surface area contributed by atoms with Crippen LogP contribution in [0.4, 0.5) is 0 Å². The molecule has 0 aliphatic carbocycles. The number of β-amino-alcohol motifs (C(OH)–C–C–N with tert-alkyl or cyclic N) is 1. The number of benzene rings is 1. The molecule has 0 spiro atoms. The summed E-state index contributed by atoms with van der Waals surface area (Å²) in [5.74, 6) is 1.32. The van der Waals surface area contributed by atoms with E-state index in [2.05, 4.69) is 15.2 Å². The number of nitrogens with zero attached hydrogens (tertiary/aromatic N) is 3. The molecule has 1 aliphatic rings. The molecule has 1 fully saturated rings. The predicted octanol–water partition coefficient (Wildman–Crippen LogP) is 0.597. The molecule has 6 nitrogen and oxygen atoms in total. The molecule has 2 heterocycles. The average molecular weight is 258 g/mol. The van der Waals surface area contributed by atoms with E-state index in [1.54, 1.807) is 17.0 Å². The molecule has 1 aliphatic heterocycles. The Kier molecular flexibility index (Phi) is 2.79. The third kappa shape index (κ3) is 2.22. The van der Waals surface area contributed by atoms with Gasteiger partial charge in [-0.15, -0.1) is 0 Å². The van der Waals surface area contributed by atoms with Crippen molar-refractivity contribution >= 4 is 5.91 Å². The molecule has 98 valence electrons. The van der Waals surface area contributed by atoms with Gasteiger partial charge in [0.1, 0.15) is 5.82 Å². The molecular weight excluding hydrogens is 244 g/mol. The first-order valence-corrected chi connectivity index (χ1v) is 6.10. The zero-order chi connectivity index (χ0) is 13.4. The Hall–Kier alpha value is -2.21. The summed E-state index contributed by atoms with van der Waals surface area (Å²) in [7, 11) is 0. The van der Waals surface area contributed by atoms with Crippen LogP contribution in [0.3, 0.4) is 0 Å². The summed E-state index contributed by atoms with van der Waals surface area (Å²) in [6.07, 6.45) is -0.376. The van der Waals surface area contributed by atoms with Gasteiger partial charge in [-0.05, 0) is 19.1 Å². The second kappa shape index (κ2) is 4.47. The summed E-state index contributed by atoms with van der Waals surface area (Å²) in [5, 5.41) is 16.0. The van der Waals surface area contributed by atoms with Crippen molar-refractivity contribution in [1.82, 2.24) is 20.1 Å². The number of hydrogen-bond acceptors (Lipinski definition) is 4. The van der Waals surface area contributed by atoms with Crippen molar-refractivity contribution in [2.75, 3.05) is 13.1 Å². The number of likely N-dealkylation sites (tertiary alicyclic amines) is 1. The maximum absolute atomic E-state index is 12.0. The SMILES string of the molecule is Cc1nc(-c2ccc(C(=O)N3CC(O)C3)cc2)n[nH]1. The highest BCUT2D eigenvalue weighted by molar-refractivity contribution is 5.95. The molecule has 6 heteroatoms. The first kappa shape index (κ1) is 11.9. The zero-order valence-electron chi connectivity index (χ0n) is 10.5. The number of amides is 1. The number of aromatic amines is 1. The number of aryl methyl sites for hydroxylation is 1. The minimum Gasteiger partial charge on any atom is -0.389 e. The number of aliphatic hydroxyl groups excluding tert-OH is 1. The third-order valence-corrected chi connectivity index (χ3v) is 3.14. The summed E-state index contributed by atoms with van der Waals surface area (Å²) in [5.41, 5.74) is 1.48. The molecule has 2 aromatic rings. The van der Waals surface area contributed by atoms with Crippen molar-refractivity contribution in [2.45, 2.75) is 13.0 Å². The van der Waals surface area contributed by atoms with Gasteiger partial charge in [-0.25, -0.2) is 4.98 Å². The topological polar surface area (TPSA) is 82.1 Å². The first-order valence-electron chi connectivity index (χ1n) is 6.10. The van der Waals surface area contributed by atoms with Crippen LogP contribution in [0.2, 0.25) is 0 Å². The lowest BCUT2D eigenvalue weighted by Crippen LogP contribution is -2.53. The van der Waals surface area contributed by atoms with E-state index in [0.717, 1.165) is 11.4 Å². The van der Waals surface area contributed by atoms with E-state index in [9.17, 15) is 9.90 Å². The quantitative estimate of drug-likeness (QED) is 0.826. The van der Waals surface area contributed by atoms with Gasteiger partial charge in [0.2, 0.25) is 0 Å². The van der Waals surface area contributed by atoms with Crippen molar-refractivity contribution < 1.29 is 9.90 Å². The van der Waals surface area contributed by atoms with Gasteiger partial charge >= 0.3 is 0 Å². The molecule has 0 atom stereocenters. The van der Waals surface area contributed by atoms with Crippen LogP contribution in [0.5, 0.6) is 0 Å². The van der Waals surface area contributed by atoms with Crippen LogP contribution in [0.25, 0.3) is 11.4 Å². The number of nitrogens with one attached hydrogen (secondary N) is 1. The van der Waals surface area contributed by atoms with Gasteiger partial charge in [0.25, 0.3) is 5.91 Å². The molecule has 0 bridgehead atoms. The number of aromatic nitrogens is 3. The Labute approximate surface area is 110 Å². The van der Waals surface area contributed by atoms with Crippen LogP contribution in [-0.4, -0.2) is 50.3 Å². The predicted molar refractivity (Wildman–Crippen MR) is 68.5 cm³/mol. The monoisotopic (exact) mass is 258 g/mol. The minimum absolute atomic E-state index is 0.0528. The Morgan fingerprint density at radius 2 is 2.05 bits per heavy atom. The molecule has 1 amide bonds. The Bertz CT molecular complexity index is 599. The van der Waals surface area contributed by atoms with E-state index < -0.39 is 0 Å². The molecule has 1 aromatic heterocycles. The second-order valence-corrected chi connectivity index (χ2v) is 4.69. The summed E-state index contributed by atoms with van der Waals surface area (Å²) in [6.45, 7) is 2.67. The van der Waals surface area contributed by atoms with Gasteiger partial charge in [0, 0.05) is 24.2 Å². The molecule has 1 saturated heterocycles. The van der Waals surface area contributed by atoms with Crippen LogP contribution >= 0.6 is 0 Å². The number of rotatable bonds is 2. The fourth-order valence-corrected chi connectivity index (χ4v) is 2.04. The van der Waals surface area contributed by atoms with E-state index in [1.807, 2.05) is 19.1 Å². The first-order chi connectivity index (χ1) is 9.13. The highest BCUT2D eigenvalue weighted by Gasteiger charge is 2.29. The molecule has 1 aromatic carbocycles. The number of hydrogen-bond donors (Lipinski definition) is 2. The van der Waals surface area contributed by atoms with Crippen molar-refractivity contribution in [1.29, 1.82) is 0 Å². The highest BCUT2D eigenvalue weighted by atomic mass is 16.3. The zero-order valence-corrected chi connectivity index (χ0v) is 10.5. The van der Waals surface area contributed by atoms with E-state index in [0.29, 0.717) is 24.5 Å². The second-order valence-electron chi connectivity index (χ2n) is 4.69. The summed E-state index contributed by atoms with van der Waals surface area (Å²) >= 11 is 0. The van der Waals surface area contributed by atoms with Crippen LogP contribution in [0.15, 0.2) is 24.3 Å². The molecule has 19 heavy (non-hydrogen) atoms. The van der Waals surface area contributed by atoms with E-state index >= 15 is 0 Å². The van der Waals surface area contributed by atoms with E-state index in [-0.39, 0.29) is 12.0 Å². The lowest BCUT2D eigenvalue weighted by molar-refractivity contribution is 0.00590. The van der Waals surface area contributed by atoms with Gasteiger partial charge in [-0.1, -0.05) is 12.1 Å². The van der Waals surface area contributed by atoms with Gasteiger partial charge in [0.15, 0.2) is 5.82 Å². The lowest BCUT2D eigenvalue weighted by atomic mass is 10.1. The van der Waals surface area contributed by atoms with Crippen molar-refractivity contribution in [3.8, 4) is 11.4 Å². The number of carbonyl (C=O) groups is 1. The summed E-state index contributed by atoms with van der Waals surface area (Å²) in [4.78, 5) is 17.9. The van der Waals surface area contributed by atoms with Gasteiger partial charge in [0.05, 0.1) is 6.10 Å². The maximum Gasteiger partial charge on any atom is 0.254 e. The summed E-state index contributed by atoms with van der Waals surface area (Å²) < 4.78 is 0. The van der Waals surface area contributed by atoms with E-state index in [4.69, 9.17) is 0 Å². The number of aliphatic hydroxyl groups is 1. The number of carbonyl (C=O) groups excluding carboxylic acids is 1. The standard InChI is InChI=1S/C13H14N4O2/c1-8-14-12(16-15-8)9-2-4-10(5-3-9)13(19)17-6-11(18)7-17/h2-5,11,18H,6-7H2,1H3,(H,14,15,16). The fourth-order valence-electron chi connectivity index (χ4n) is 2.04. The Morgan fingerprint density at radius 3 is 2.58 bits per heavy atom. The van der Waals surface area contributed by atoms with Crippen LogP contribution in [0.1, 0.15) is 16.2 Å². The number of H-pyrrole nitrogens is 1. The lowest BCUT2D eigenvalue weighted by Gasteiger charge is -2.35. The van der Waals surface area contributed by atoms with Crippen molar-refractivity contribution in [2.24, 2.45) is 0 Å². The Balaban J connectivity index is 1.77. The van der Waals surface area contributed by atoms with Crippen LogP contribution in [0, 0.1) is 6.92 Å². The average Bonchev–Trinajstić information content (AvgIpc) is 2.81. The molecule has 0 unspecified atom stereocenters. The minimum atomic E-state index is -0.376. The van der Waals surface area contributed by atoms with Crippen molar-refractivity contribution in [3.63, 3.8) is 0 Å².